The summed E-state index contributed by atoms with van der Waals surface area (Å²) in [5, 5.41) is 2.98. The highest BCUT2D eigenvalue weighted by Gasteiger charge is 2.20. The van der Waals surface area contributed by atoms with Crippen LogP contribution in [0.2, 0.25) is 0 Å². The van der Waals surface area contributed by atoms with Gasteiger partial charge in [0.25, 0.3) is 5.56 Å². The first-order valence-electron chi connectivity index (χ1n) is 11.2. The van der Waals surface area contributed by atoms with E-state index in [9.17, 15) is 4.79 Å². The molecule has 0 radical (unpaired) electrons. The Morgan fingerprint density at radius 2 is 1.60 bits per heavy atom. The molecule has 0 fully saturated rings. The lowest BCUT2D eigenvalue weighted by Crippen LogP contribution is -2.25. The maximum absolute atomic E-state index is 13.9. The summed E-state index contributed by atoms with van der Waals surface area (Å²) in [7, 11) is 0. The van der Waals surface area contributed by atoms with Crippen LogP contribution in [-0.4, -0.2) is 9.55 Å². The molecule has 4 rings (SSSR count). The molecule has 0 saturated carbocycles. The molecule has 0 unspecified atom stereocenters. The lowest BCUT2D eigenvalue weighted by atomic mass is 9.95. The molecule has 3 heteroatoms. The summed E-state index contributed by atoms with van der Waals surface area (Å²) in [5.41, 5.74) is 5.47. The molecule has 0 aliphatic heterocycles. The van der Waals surface area contributed by atoms with Crippen LogP contribution in [0.15, 0.2) is 59.5 Å². The SMILES string of the molecule is CCCCc1c(CCCC)n(-c2c(C)ccc3cccnc23)c(=O)c2ccccc12. The van der Waals surface area contributed by atoms with E-state index in [1.807, 2.05) is 29.0 Å². The molecular weight excluding hydrogens is 368 g/mol. The molecule has 0 spiro atoms. The van der Waals surface area contributed by atoms with E-state index >= 15 is 0 Å². The fraction of sp³-hybridized carbons (Fsp3) is 0.333. The van der Waals surface area contributed by atoms with Crippen LogP contribution in [-0.2, 0) is 12.8 Å². The van der Waals surface area contributed by atoms with Crippen molar-refractivity contribution in [2.24, 2.45) is 0 Å². The summed E-state index contributed by atoms with van der Waals surface area (Å²) in [6, 6.07) is 16.3. The smallest absolute Gasteiger partial charge is 0.263 e. The van der Waals surface area contributed by atoms with Gasteiger partial charge in [-0.1, -0.05) is 63.1 Å². The monoisotopic (exact) mass is 398 g/mol. The summed E-state index contributed by atoms with van der Waals surface area (Å²) in [4.78, 5) is 18.6. The van der Waals surface area contributed by atoms with Crippen molar-refractivity contribution in [1.82, 2.24) is 9.55 Å². The van der Waals surface area contributed by atoms with Crippen molar-refractivity contribution in [2.45, 2.75) is 59.3 Å². The topological polar surface area (TPSA) is 34.9 Å². The van der Waals surface area contributed by atoms with Gasteiger partial charge in [0.05, 0.1) is 11.2 Å². The molecule has 0 atom stereocenters. The second kappa shape index (κ2) is 8.83. The number of aromatic nitrogens is 2. The number of aryl methyl sites for hydroxylation is 2. The van der Waals surface area contributed by atoms with E-state index in [-0.39, 0.29) is 5.56 Å². The van der Waals surface area contributed by atoms with Crippen LogP contribution in [0, 0.1) is 6.92 Å². The van der Waals surface area contributed by atoms with Crippen LogP contribution in [0.1, 0.15) is 56.4 Å². The number of fused-ring (bicyclic) bond motifs is 2. The molecule has 2 aromatic carbocycles. The predicted molar refractivity (Wildman–Crippen MR) is 127 cm³/mol. The zero-order chi connectivity index (χ0) is 21.1. The number of pyridine rings is 2. The van der Waals surface area contributed by atoms with Gasteiger partial charge in [0.15, 0.2) is 0 Å². The maximum atomic E-state index is 13.9. The van der Waals surface area contributed by atoms with Crippen molar-refractivity contribution in [1.29, 1.82) is 0 Å². The lowest BCUT2D eigenvalue weighted by molar-refractivity contribution is 0.718. The Balaban J connectivity index is 2.16. The van der Waals surface area contributed by atoms with Gasteiger partial charge < -0.3 is 0 Å². The Hall–Kier alpha value is -2.94. The predicted octanol–water partition coefficient (Wildman–Crippen LogP) is 6.53. The summed E-state index contributed by atoms with van der Waals surface area (Å²) in [6.07, 6.45) is 8.13. The van der Waals surface area contributed by atoms with Crippen molar-refractivity contribution in [3.8, 4) is 5.69 Å². The second-order valence-corrected chi connectivity index (χ2v) is 8.12. The minimum Gasteiger partial charge on any atom is -0.278 e. The van der Waals surface area contributed by atoms with Crippen molar-refractivity contribution in [2.75, 3.05) is 0 Å². The third-order valence-electron chi connectivity index (χ3n) is 6.02. The molecule has 0 amide bonds. The van der Waals surface area contributed by atoms with Gasteiger partial charge in [-0.25, -0.2) is 0 Å². The van der Waals surface area contributed by atoms with Crippen molar-refractivity contribution >= 4 is 21.7 Å². The van der Waals surface area contributed by atoms with Gasteiger partial charge in [-0.2, -0.15) is 0 Å². The normalized spacial score (nSPS) is 11.4. The minimum atomic E-state index is 0.0678. The van der Waals surface area contributed by atoms with E-state index in [1.165, 1.54) is 5.56 Å². The highest BCUT2D eigenvalue weighted by molar-refractivity contribution is 5.90. The quantitative estimate of drug-likeness (QED) is 0.354. The molecule has 0 saturated heterocycles. The van der Waals surface area contributed by atoms with Gasteiger partial charge in [-0.3, -0.25) is 14.3 Å². The van der Waals surface area contributed by atoms with Gasteiger partial charge in [0.2, 0.25) is 0 Å². The minimum absolute atomic E-state index is 0.0678. The molecular formula is C27H30N2O. The molecule has 3 nitrogen and oxygen atoms in total. The first kappa shape index (κ1) is 20.3. The van der Waals surface area contributed by atoms with E-state index in [2.05, 4.69) is 51.1 Å². The molecule has 0 N–H and O–H groups in total. The Morgan fingerprint density at radius 1 is 0.867 bits per heavy atom. The van der Waals surface area contributed by atoms with Gasteiger partial charge in [0, 0.05) is 22.7 Å². The lowest BCUT2D eigenvalue weighted by Gasteiger charge is -2.22. The van der Waals surface area contributed by atoms with E-state index in [1.54, 1.807) is 0 Å². The first-order chi connectivity index (χ1) is 14.7. The average Bonchev–Trinajstić information content (AvgIpc) is 2.78. The fourth-order valence-electron chi connectivity index (χ4n) is 4.45. The van der Waals surface area contributed by atoms with E-state index in [0.29, 0.717) is 0 Å². The van der Waals surface area contributed by atoms with Gasteiger partial charge in [0.1, 0.15) is 0 Å². The van der Waals surface area contributed by atoms with E-state index < -0.39 is 0 Å². The Morgan fingerprint density at radius 3 is 2.37 bits per heavy atom. The number of benzene rings is 2. The summed E-state index contributed by atoms with van der Waals surface area (Å²) >= 11 is 0. The third-order valence-corrected chi connectivity index (χ3v) is 6.02. The summed E-state index contributed by atoms with van der Waals surface area (Å²) < 4.78 is 1.99. The van der Waals surface area contributed by atoms with Gasteiger partial charge in [-0.15, -0.1) is 0 Å². The van der Waals surface area contributed by atoms with Crippen LogP contribution in [0.5, 0.6) is 0 Å². The number of rotatable bonds is 7. The molecule has 4 aromatic rings. The van der Waals surface area contributed by atoms with Crippen LogP contribution in [0.4, 0.5) is 0 Å². The zero-order valence-electron chi connectivity index (χ0n) is 18.2. The summed E-state index contributed by atoms with van der Waals surface area (Å²) in [6.45, 7) is 6.52. The largest absolute Gasteiger partial charge is 0.278 e. The molecule has 30 heavy (non-hydrogen) atoms. The fourth-order valence-corrected chi connectivity index (χ4v) is 4.45. The van der Waals surface area contributed by atoms with Crippen molar-refractivity contribution in [3.05, 3.63) is 81.9 Å². The average molecular weight is 399 g/mol. The second-order valence-electron chi connectivity index (χ2n) is 8.12. The van der Waals surface area contributed by atoms with Gasteiger partial charge >= 0.3 is 0 Å². The van der Waals surface area contributed by atoms with Crippen molar-refractivity contribution < 1.29 is 0 Å². The number of hydrogen-bond donors (Lipinski definition) is 0. The van der Waals surface area contributed by atoms with Crippen LogP contribution < -0.4 is 5.56 Å². The van der Waals surface area contributed by atoms with Crippen LogP contribution in [0.3, 0.4) is 0 Å². The molecule has 2 heterocycles. The Kier molecular flexibility index (Phi) is 5.98. The van der Waals surface area contributed by atoms with Crippen LogP contribution >= 0.6 is 0 Å². The van der Waals surface area contributed by atoms with Gasteiger partial charge in [-0.05, 0) is 61.3 Å². The molecule has 154 valence electrons. The van der Waals surface area contributed by atoms with E-state index in [4.69, 9.17) is 4.98 Å². The zero-order valence-corrected chi connectivity index (χ0v) is 18.2. The van der Waals surface area contributed by atoms with E-state index in [0.717, 1.165) is 77.1 Å². The Labute approximate surface area is 178 Å². The number of hydrogen-bond acceptors (Lipinski definition) is 2. The van der Waals surface area contributed by atoms with Crippen LogP contribution in [0.25, 0.3) is 27.4 Å². The summed E-state index contributed by atoms with van der Waals surface area (Å²) in [5.74, 6) is 0. The Bertz CT molecular complexity index is 1250. The number of nitrogens with zero attached hydrogens (tertiary/aromatic N) is 2. The molecule has 0 aliphatic carbocycles. The first-order valence-corrected chi connectivity index (χ1v) is 11.2. The molecule has 0 bridgehead atoms. The van der Waals surface area contributed by atoms with Crippen molar-refractivity contribution in [3.63, 3.8) is 0 Å². The molecule has 2 aromatic heterocycles. The highest BCUT2D eigenvalue weighted by Crippen LogP contribution is 2.30. The highest BCUT2D eigenvalue weighted by atomic mass is 16.1. The number of unbranched alkanes of at least 4 members (excludes halogenated alkanes) is 2. The maximum Gasteiger partial charge on any atom is 0.263 e. The third kappa shape index (κ3) is 3.54. The standard InChI is InChI=1S/C27H30N2O/c1-4-6-12-22-21-13-8-9-14-23(21)27(30)29(24(22)15-7-5-2)26-19(3)16-17-20-11-10-18-28-25(20)26/h8-11,13-14,16-18H,4-7,12,15H2,1-3H3. The molecule has 0 aliphatic rings.